The van der Waals surface area contributed by atoms with Gasteiger partial charge in [-0.2, -0.15) is 11.8 Å². The predicted molar refractivity (Wildman–Crippen MR) is 93.6 cm³/mol. The van der Waals surface area contributed by atoms with Crippen molar-refractivity contribution in [3.8, 4) is 0 Å². The summed E-state index contributed by atoms with van der Waals surface area (Å²) in [6.45, 7) is 15.1. The summed E-state index contributed by atoms with van der Waals surface area (Å²) in [6, 6.07) is 2.60. The Hall–Kier alpha value is -0.970. The second kappa shape index (κ2) is 6.42. The molecule has 0 spiro atoms. The maximum absolute atomic E-state index is 4.86. The fourth-order valence-electron chi connectivity index (χ4n) is 2.45. The third-order valence-electron chi connectivity index (χ3n) is 3.92. The Kier molecular flexibility index (Phi) is 5.02. The molecule has 0 radical (unpaired) electrons. The molecule has 21 heavy (non-hydrogen) atoms. The third kappa shape index (κ3) is 3.82. The molecule has 2 unspecified atom stereocenters. The van der Waals surface area contributed by atoms with Gasteiger partial charge >= 0.3 is 0 Å². The Bertz CT molecular complexity index is 484. The van der Waals surface area contributed by atoms with E-state index in [4.69, 9.17) is 4.98 Å². The molecular formula is C16H28N4S. The van der Waals surface area contributed by atoms with E-state index in [1.54, 1.807) is 0 Å². The lowest BCUT2D eigenvalue weighted by atomic mass is 9.95. The van der Waals surface area contributed by atoms with Crippen molar-refractivity contribution in [2.75, 3.05) is 29.1 Å². The van der Waals surface area contributed by atoms with Crippen molar-refractivity contribution in [1.82, 2.24) is 9.97 Å². The first-order valence-corrected chi connectivity index (χ1v) is 8.89. The van der Waals surface area contributed by atoms with Crippen LogP contribution in [0.25, 0.3) is 0 Å². The summed E-state index contributed by atoms with van der Waals surface area (Å²) in [5.41, 5.74) is -0.0421. The minimum absolute atomic E-state index is 0.0421. The zero-order valence-electron chi connectivity index (χ0n) is 14.1. The van der Waals surface area contributed by atoms with Gasteiger partial charge in [-0.1, -0.05) is 27.7 Å². The van der Waals surface area contributed by atoms with Gasteiger partial charge in [-0.15, -0.1) is 0 Å². The number of nitrogens with one attached hydrogen (secondary N) is 1. The molecule has 1 aromatic heterocycles. The van der Waals surface area contributed by atoms with E-state index in [1.165, 1.54) is 0 Å². The average Bonchev–Trinajstić information content (AvgIpc) is 2.41. The maximum Gasteiger partial charge on any atom is 0.138 e. The van der Waals surface area contributed by atoms with Crippen molar-refractivity contribution in [3.05, 3.63) is 11.9 Å². The van der Waals surface area contributed by atoms with Crippen LogP contribution in [0.1, 0.15) is 47.4 Å². The minimum atomic E-state index is -0.0421. The van der Waals surface area contributed by atoms with Crippen molar-refractivity contribution in [3.63, 3.8) is 0 Å². The number of nitrogens with zero attached hydrogens (tertiary/aromatic N) is 3. The van der Waals surface area contributed by atoms with E-state index < -0.39 is 0 Å². The minimum Gasteiger partial charge on any atom is -0.370 e. The van der Waals surface area contributed by atoms with E-state index in [1.807, 2.05) is 11.8 Å². The van der Waals surface area contributed by atoms with E-state index >= 15 is 0 Å². The molecule has 2 rings (SSSR count). The Labute approximate surface area is 133 Å². The van der Waals surface area contributed by atoms with E-state index in [0.717, 1.165) is 36.3 Å². The van der Waals surface area contributed by atoms with E-state index in [-0.39, 0.29) is 5.41 Å². The number of hydrogen-bond acceptors (Lipinski definition) is 5. The molecule has 0 bridgehead atoms. The van der Waals surface area contributed by atoms with Gasteiger partial charge in [0, 0.05) is 41.6 Å². The van der Waals surface area contributed by atoms with Gasteiger partial charge in [-0.3, -0.25) is 0 Å². The molecule has 5 heteroatoms. The molecule has 118 valence electrons. The van der Waals surface area contributed by atoms with Crippen LogP contribution in [0, 0.1) is 0 Å². The van der Waals surface area contributed by atoms with Crippen LogP contribution in [0.5, 0.6) is 0 Å². The zero-order valence-corrected chi connectivity index (χ0v) is 14.9. The van der Waals surface area contributed by atoms with Crippen molar-refractivity contribution >= 4 is 23.4 Å². The summed E-state index contributed by atoms with van der Waals surface area (Å²) >= 11 is 2.05. The summed E-state index contributed by atoms with van der Waals surface area (Å²) < 4.78 is 0. The van der Waals surface area contributed by atoms with E-state index in [0.29, 0.717) is 11.3 Å². The summed E-state index contributed by atoms with van der Waals surface area (Å²) in [7, 11) is 0. The Balaban J connectivity index is 2.39. The number of rotatable bonds is 3. The topological polar surface area (TPSA) is 41.0 Å². The van der Waals surface area contributed by atoms with Gasteiger partial charge in [0.2, 0.25) is 0 Å². The Morgan fingerprint density at radius 2 is 2.05 bits per heavy atom. The number of thioether (sulfide) groups is 1. The van der Waals surface area contributed by atoms with Gasteiger partial charge in [0.25, 0.3) is 0 Å². The second-order valence-electron chi connectivity index (χ2n) is 6.73. The highest BCUT2D eigenvalue weighted by Gasteiger charge is 2.28. The van der Waals surface area contributed by atoms with Crippen LogP contribution in [-0.2, 0) is 5.41 Å². The summed E-state index contributed by atoms with van der Waals surface area (Å²) in [5.74, 6) is 4.07. The molecule has 2 heterocycles. The highest BCUT2D eigenvalue weighted by atomic mass is 32.2. The van der Waals surface area contributed by atoms with Gasteiger partial charge in [0.05, 0.1) is 0 Å². The van der Waals surface area contributed by atoms with Crippen LogP contribution < -0.4 is 10.2 Å². The molecule has 1 aliphatic rings. The lowest BCUT2D eigenvalue weighted by Gasteiger charge is -2.38. The molecule has 1 aliphatic heterocycles. The first-order chi connectivity index (χ1) is 9.82. The molecule has 0 aromatic carbocycles. The van der Waals surface area contributed by atoms with Gasteiger partial charge in [0.15, 0.2) is 0 Å². The molecular weight excluding hydrogens is 280 g/mol. The van der Waals surface area contributed by atoms with Crippen molar-refractivity contribution < 1.29 is 0 Å². The first-order valence-electron chi connectivity index (χ1n) is 7.84. The number of hydrogen-bond donors (Lipinski definition) is 1. The Morgan fingerprint density at radius 3 is 2.67 bits per heavy atom. The molecule has 4 nitrogen and oxygen atoms in total. The second-order valence-corrected chi connectivity index (χ2v) is 8.21. The molecule has 1 aromatic rings. The quantitative estimate of drug-likeness (QED) is 0.925. The summed E-state index contributed by atoms with van der Waals surface area (Å²) in [4.78, 5) is 12.0. The first kappa shape index (κ1) is 16.4. The van der Waals surface area contributed by atoms with Crippen molar-refractivity contribution in [2.45, 2.75) is 58.2 Å². The lowest BCUT2D eigenvalue weighted by molar-refractivity contribution is 0.540. The standard InChI is InChI=1S/C16H28N4S/c1-7-17-13-10-14(19-15(18-13)16(4,5)6)20-8-9-21-12(3)11(20)2/h10-12H,7-9H2,1-6H3,(H,17,18,19). The van der Waals surface area contributed by atoms with Gasteiger partial charge in [-0.05, 0) is 13.8 Å². The number of aromatic nitrogens is 2. The molecule has 0 saturated carbocycles. The fraction of sp³-hybridized carbons (Fsp3) is 0.750. The number of anilines is 2. The van der Waals surface area contributed by atoms with Crippen molar-refractivity contribution in [2.24, 2.45) is 0 Å². The molecule has 1 saturated heterocycles. The summed E-state index contributed by atoms with van der Waals surface area (Å²) in [6.07, 6.45) is 0. The van der Waals surface area contributed by atoms with Gasteiger partial charge < -0.3 is 10.2 Å². The van der Waals surface area contributed by atoms with Crippen LogP contribution in [0.3, 0.4) is 0 Å². The third-order valence-corrected chi connectivity index (χ3v) is 5.26. The van der Waals surface area contributed by atoms with Crippen molar-refractivity contribution in [1.29, 1.82) is 0 Å². The molecule has 1 fully saturated rings. The largest absolute Gasteiger partial charge is 0.370 e. The maximum atomic E-state index is 4.86. The molecule has 1 N–H and O–H groups in total. The molecule has 0 aliphatic carbocycles. The highest BCUT2D eigenvalue weighted by Crippen LogP contribution is 2.30. The summed E-state index contributed by atoms with van der Waals surface area (Å²) in [5, 5.41) is 3.98. The average molecular weight is 308 g/mol. The van der Waals surface area contributed by atoms with Crippen LogP contribution in [0.4, 0.5) is 11.6 Å². The lowest BCUT2D eigenvalue weighted by Crippen LogP contribution is -2.45. The zero-order chi connectivity index (χ0) is 15.6. The van der Waals surface area contributed by atoms with Crippen LogP contribution in [0.2, 0.25) is 0 Å². The van der Waals surface area contributed by atoms with Crippen LogP contribution in [0.15, 0.2) is 6.07 Å². The monoisotopic (exact) mass is 308 g/mol. The molecule has 0 amide bonds. The highest BCUT2D eigenvalue weighted by molar-refractivity contribution is 8.00. The van der Waals surface area contributed by atoms with Crippen LogP contribution in [-0.4, -0.2) is 40.1 Å². The van der Waals surface area contributed by atoms with Gasteiger partial charge in [-0.25, -0.2) is 9.97 Å². The van der Waals surface area contributed by atoms with Crippen LogP contribution >= 0.6 is 11.8 Å². The van der Waals surface area contributed by atoms with E-state index in [9.17, 15) is 0 Å². The van der Waals surface area contributed by atoms with E-state index in [2.05, 4.69) is 62.8 Å². The fourth-order valence-corrected chi connectivity index (χ4v) is 3.54. The normalized spacial score (nSPS) is 23.2. The molecule has 2 atom stereocenters. The SMILES string of the molecule is CCNc1cc(N2CCSC(C)C2C)nc(C(C)(C)C)n1. The smallest absolute Gasteiger partial charge is 0.138 e. The van der Waals surface area contributed by atoms with Gasteiger partial charge in [0.1, 0.15) is 17.5 Å². The predicted octanol–water partition coefficient (Wildman–Crippen LogP) is 3.54. The Morgan fingerprint density at radius 1 is 1.33 bits per heavy atom.